The maximum absolute atomic E-state index is 3.49. The van der Waals surface area contributed by atoms with Gasteiger partial charge in [0.25, 0.3) is 0 Å². The molecule has 1 radical (unpaired) electrons. The zero-order chi connectivity index (χ0) is 13.5. The molecule has 0 spiro atoms. The van der Waals surface area contributed by atoms with Gasteiger partial charge in [0, 0.05) is 0 Å². The number of nitrogens with one attached hydrogen (secondary N) is 1. The minimum atomic E-state index is -0.839. The summed E-state index contributed by atoms with van der Waals surface area (Å²) in [6.45, 7) is 7.00. The Morgan fingerprint density at radius 1 is 0.778 bits per heavy atom. The standard InChI is InChI=1S/3C4H9.C2H3N3.Sn/c3*1-3-4-2;1-2-4-5-3-1;/h3*1,3-4H2,2H3;1-2H,(H,3,4,5);. The van der Waals surface area contributed by atoms with Gasteiger partial charge in [0.2, 0.25) is 0 Å². The molecule has 1 aromatic heterocycles. The molecular weight excluding hydrogens is 329 g/mol. The van der Waals surface area contributed by atoms with Crippen molar-refractivity contribution in [1.82, 2.24) is 15.4 Å². The Hall–Kier alpha value is -0.0613. The molecule has 0 aliphatic carbocycles. The first-order valence-electron chi connectivity index (χ1n) is 7.48. The molecule has 1 N–H and O–H groups in total. The van der Waals surface area contributed by atoms with Gasteiger partial charge in [0.05, 0.1) is 12.4 Å². The molecule has 0 aromatic carbocycles. The third-order valence-electron chi connectivity index (χ3n) is 2.98. The number of nitrogens with zero attached hydrogens (tertiary/aromatic N) is 2. The van der Waals surface area contributed by atoms with Crippen LogP contribution >= 0.6 is 0 Å². The summed E-state index contributed by atoms with van der Waals surface area (Å²) >= 11 is -0.839. The third kappa shape index (κ3) is 12.4. The van der Waals surface area contributed by atoms with E-state index in [1.807, 2.05) is 0 Å². The predicted octanol–water partition coefficient (Wildman–Crippen LogP) is 4.69. The summed E-state index contributed by atoms with van der Waals surface area (Å²) < 4.78 is 5.04. The average molecular weight is 359 g/mol. The molecule has 1 rings (SSSR count). The van der Waals surface area contributed by atoms with E-state index in [0.717, 1.165) is 0 Å². The Morgan fingerprint density at radius 3 is 1.39 bits per heavy atom. The topological polar surface area (TPSA) is 41.6 Å². The van der Waals surface area contributed by atoms with Gasteiger partial charge in [0.1, 0.15) is 0 Å². The summed E-state index contributed by atoms with van der Waals surface area (Å²) in [5.74, 6) is 0. The van der Waals surface area contributed by atoms with Gasteiger partial charge in [-0.25, -0.2) is 0 Å². The molecule has 0 fully saturated rings. The Labute approximate surface area is 120 Å². The van der Waals surface area contributed by atoms with Crippen LogP contribution in [0.2, 0.25) is 13.3 Å². The second-order valence-corrected chi connectivity index (χ2v) is 13.3. The number of aromatic amines is 1. The SMILES string of the molecule is CCC[CH2][Sn]([CH2]CCC)[CH2]CCC.c1cn[nH]n1. The van der Waals surface area contributed by atoms with Crippen molar-refractivity contribution in [2.24, 2.45) is 0 Å². The summed E-state index contributed by atoms with van der Waals surface area (Å²) in [5.41, 5.74) is 0. The molecular formula is C14H30N3Sn. The third-order valence-corrected chi connectivity index (χ3v) is 12.1. The van der Waals surface area contributed by atoms with Crippen LogP contribution in [0.4, 0.5) is 0 Å². The maximum atomic E-state index is 3.49. The summed E-state index contributed by atoms with van der Waals surface area (Å²) in [7, 11) is 0. The van der Waals surface area contributed by atoms with Crippen LogP contribution in [0, 0.1) is 0 Å². The normalized spacial score (nSPS) is 10.2. The first kappa shape index (κ1) is 17.9. The van der Waals surface area contributed by atoms with E-state index >= 15 is 0 Å². The van der Waals surface area contributed by atoms with Gasteiger partial charge in [-0.1, -0.05) is 0 Å². The van der Waals surface area contributed by atoms with Crippen LogP contribution in [-0.4, -0.2) is 35.2 Å². The minimum Gasteiger partial charge on any atom is -0.198 e. The van der Waals surface area contributed by atoms with E-state index in [-0.39, 0.29) is 0 Å². The van der Waals surface area contributed by atoms with Crippen molar-refractivity contribution in [3.05, 3.63) is 12.4 Å². The molecule has 105 valence electrons. The number of rotatable bonds is 9. The van der Waals surface area contributed by atoms with Crippen molar-refractivity contribution in [3.8, 4) is 0 Å². The monoisotopic (exact) mass is 360 g/mol. The number of hydrogen-bond acceptors (Lipinski definition) is 2. The van der Waals surface area contributed by atoms with E-state index in [2.05, 4.69) is 36.2 Å². The molecule has 1 heterocycles. The molecule has 0 atom stereocenters. The van der Waals surface area contributed by atoms with Crippen LogP contribution in [0.1, 0.15) is 59.3 Å². The number of H-pyrrole nitrogens is 1. The van der Waals surface area contributed by atoms with E-state index in [1.54, 1.807) is 25.7 Å². The molecule has 0 saturated carbocycles. The van der Waals surface area contributed by atoms with Gasteiger partial charge in [-0.15, -0.1) is 0 Å². The molecule has 0 saturated heterocycles. The maximum Gasteiger partial charge on any atom is 0.0690 e. The van der Waals surface area contributed by atoms with Crippen molar-refractivity contribution >= 4 is 19.8 Å². The zero-order valence-electron chi connectivity index (χ0n) is 12.4. The number of hydrogen-bond donors (Lipinski definition) is 1. The molecule has 0 amide bonds. The van der Waals surface area contributed by atoms with Crippen LogP contribution in [0.25, 0.3) is 0 Å². The van der Waals surface area contributed by atoms with E-state index in [4.69, 9.17) is 0 Å². The van der Waals surface area contributed by atoms with E-state index in [1.165, 1.54) is 38.5 Å². The zero-order valence-corrected chi connectivity index (χ0v) is 15.3. The van der Waals surface area contributed by atoms with Crippen LogP contribution in [-0.2, 0) is 0 Å². The van der Waals surface area contributed by atoms with Crippen molar-refractivity contribution in [3.63, 3.8) is 0 Å². The molecule has 1 aromatic rings. The van der Waals surface area contributed by atoms with Gasteiger partial charge in [-0.2, -0.15) is 15.4 Å². The van der Waals surface area contributed by atoms with Gasteiger partial charge < -0.3 is 0 Å². The number of unbranched alkanes of at least 4 members (excludes halogenated alkanes) is 3. The van der Waals surface area contributed by atoms with E-state index < -0.39 is 19.8 Å². The van der Waals surface area contributed by atoms with Crippen molar-refractivity contribution in [1.29, 1.82) is 0 Å². The van der Waals surface area contributed by atoms with E-state index in [9.17, 15) is 0 Å². The minimum absolute atomic E-state index is 0.839. The summed E-state index contributed by atoms with van der Waals surface area (Å²) in [6.07, 6.45) is 12.0. The van der Waals surface area contributed by atoms with Gasteiger partial charge in [0.15, 0.2) is 0 Å². The molecule has 0 aliphatic heterocycles. The fourth-order valence-electron chi connectivity index (χ4n) is 1.82. The van der Waals surface area contributed by atoms with Crippen LogP contribution < -0.4 is 0 Å². The molecule has 4 heteroatoms. The molecule has 3 nitrogen and oxygen atoms in total. The fraction of sp³-hybridized carbons (Fsp3) is 0.857. The first-order chi connectivity index (χ1) is 8.85. The quantitative estimate of drug-likeness (QED) is 0.650. The second kappa shape index (κ2) is 15.0. The predicted molar refractivity (Wildman–Crippen MR) is 81.3 cm³/mol. The largest absolute Gasteiger partial charge is 0.198 e. The fourth-order valence-corrected chi connectivity index (χ4v) is 11.3. The van der Waals surface area contributed by atoms with Crippen molar-refractivity contribution in [2.75, 3.05) is 0 Å². The summed E-state index contributed by atoms with van der Waals surface area (Å²) in [6, 6.07) is 0. The smallest absolute Gasteiger partial charge is 0.0690 e. The van der Waals surface area contributed by atoms with Crippen LogP contribution in [0.15, 0.2) is 12.4 Å². The van der Waals surface area contributed by atoms with Crippen LogP contribution in [0.3, 0.4) is 0 Å². The summed E-state index contributed by atoms with van der Waals surface area (Å²) in [5, 5.41) is 9.33. The molecule has 0 bridgehead atoms. The Balaban J connectivity index is 0.000000473. The second-order valence-electron chi connectivity index (χ2n) is 4.72. The average Bonchev–Trinajstić information content (AvgIpc) is 2.97. The van der Waals surface area contributed by atoms with Crippen molar-refractivity contribution < 1.29 is 0 Å². The van der Waals surface area contributed by atoms with Gasteiger partial charge in [-0.05, 0) is 0 Å². The van der Waals surface area contributed by atoms with Crippen molar-refractivity contribution in [2.45, 2.75) is 72.6 Å². The summed E-state index contributed by atoms with van der Waals surface area (Å²) in [4.78, 5) is 0. The van der Waals surface area contributed by atoms with Gasteiger partial charge >= 0.3 is 92.4 Å². The Bertz CT molecular complexity index is 191. The molecule has 0 unspecified atom stereocenters. The first-order valence-corrected chi connectivity index (χ1v) is 13.5. The Morgan fingerprint density at radius 2 is 1.17 bits per heavy atom. The van der Waals surface area contributed by atoms with Crippen LogP contribution in [0.5, 0.6) is 0 Å². The van der Waals surface area contributed by atoms with E-state index in [0.29, 0.717) is 0 Å². The Kier molecular flexibility index (Phi) is 14.9. The van der Waals surface area contributed by atoms with Gasteiger partial charge in [-0.3, -0.25) is 0 Å². The molecule has 18 heavy (non-hydrogen) atoms. The molecule has 0 aliphatic rings. The number of aromatic nitrogens is 3.